The molecule has 1 aliphatic carbocycles. The van der Waals surface area contributed by atoms with Crippen molar-refractivity contribution in [2.45, 2.75) is 83.6 Å². The van der Waals surface area contributed by atoms with Crippen LogP contribution in [-0.2, 0) is 21.2 Å². The van der Waals surface area contributed by atoms with Crippen LogP contribution >= 0.6 is 0 Å². The summed E-state index contributed by atoms with van der Waals surface area (Å²) in [5.41, 5.74) is 6.71. The molecule has 10 heteroatoms. The standard InChI is InChI=1S/C34H44BN6O2Si/c1-23-9-10-24(19-40(6)27-11-12-27)15-30(23)39-32-37-14-13-29(38-32)25-16-26(18-36)31-28(17-25)34(5,20-41(31)35-22-42)21-43-44(7,8)33(2,3)4/h9-10,13-17,22,27H,11-12,19-21H2,1-8H3,(H,37,38,39)/t34-/m1/s1. The highest BCUT2D eigenvalue weighted by atomic mass is 28.4. The molecule has 2 aromatic carbocycles. The first-order chi connectivity index (χ1) is 20.7. The fraction of sp³-hybridized carbons (Fsp3) is 0.471. The zero-order chi connectivity index (χ0) is 31.9. The summed E-state index contributed by atoms with van der Waals surface area (Å²) < 4.78 is 6.72. The Morgan fingerprint density at radius 3 is 2.66 bits per heavy atom. The summed E-state index contributed by atoms with van der Waals surface area (Å²) in [6.07, 6.45) is 5.08. The van der Waals surface area contributed by atoms with Gasteiger partial charge in [-0.1, -0.05) is 39.8 Å². The van der Waals surface area contributed by atoms with E-state index >= 15 is 0 Å². The number of rotatable bonds is 11. The fourth-order valence-electron chi connectivity index (χ4n) is 5.59. The second-order valence-electron chi connectivity index (χ2n) is 14.2. The highest BCUT2D eigenvalue weighted by Crippen LogP contribution is 2.46. The molecule has 0 spiro atoms. The van der Waals surface area contributed by atoms with Crippen LogP contribution in [0.15, 0.2) is 42.6 Å². The van der Waals surface area contributed by atoms with Crippen molar-refractivity contribution in [3.63, 3.8) is 0 Å². The minimum Gasteiger partial charge on any atom is -0.416 e. The predicted octanol–water partition coefficient (Wildman–Crippen LogP) is 6.57. The van der Waals surface area contributed by atoms with Gasteiger partial charge in [0.2, 0.25) is 5.95 Å². The minimum absolute atomic E-state index is 0.0639. The van der Waals surface area contributed by atoms with E-state index < -0.39 is 13.7 Å². The Morgan fingerprint density at radius 2 is 2.00 bits per heavy atom. The van der Waals surface area contributed by atoms with Gasteiger partial charge in [0.25, 0.3) is 0 Å². The average molecular weight is 608 g/mol. The SMILES string of the molecule is Cc1ccc(CN(C)C2CC2)cc1Nc1nccc(-c2cc(C#N)c3c(c2)[C@@](C)(CO[Si](C)(C)C(C)(C)C)CN3[B]C=O)n1. The van der Waals surface area contributed by atoms with Gasteiger partial charge >= 0.3 is 7.41 Å². The van der Waals surface area contributed by atoms with Crippen molar-refractivity contribution in [3.8, 4) is 17.3 Å². The van der Waals surface area contributed by atoms with Gasteiger partial charge in [0.15, 0.2) is 8.32 Å². The van der Waals surface area contributed by atoms with Gasteiger partial charge in [-0.05, 0) is 85.9 Å². The number of aromatic nitrogens is 2. The Balaban J connectivity index is 1.47. The van der Waals surface area contributed by atoms with Crippen molar-refractivity contribution in [2.75, 3.05) is 30.3 Å². The van der Waals surface area contributed by atoms with E-state index in [0.717, 1.165) is 46.5 Å². The number of carbonyl (C=O) groups is 1. The highest BCUT2D eigenvalue weighted by molar-refractivity contribution is 6.74. The zero-order valence-corrected chi connectivity index (χ0v) is 28.4. The van der Waals surface area contributed by atoms with Crippen LogP contribution in [0.5, 0.6) is 0 Å². The van der Waals surface area contributed by atoms with Crippen LogP contribution in [0, 0.1) is 18.3 Å². The van der Waals surface area contributed by atoms with Crippen LogP contribution in [0.25, 0.3) is 11.3 Å². The Kier molecular flexibility index (Phi) is 8.78. The summed E-state index contributed by atoms with van der Waals surface area (Å²) in [7, 11) is 1.66. The van der Waals surface area contributed by atoms with E-state index in [1.165, 1.54) is 25.8 Å². The van der Waals surface area contributed by atoms with E-state index in [1.54, 1.807) is 6.20 Å². The van der Waals surface area contributed by atoms with Crippen LogP contribution in [0.4, 0.5) is 17.3 Å². The largest absolute Gasteiger partial charge is 0.416 e. The third-order valence-corrected chi connectivity index (χ3v) is 14.1. The second-order valence-corrected chi connectivity index (χ2v) is 19.0. The summed E-state index contributed by atoms with van der Waals surface area (Å²) in [6.45, 7) is 17.4. The molecule has 3 aromatic rings. The average Bonchev–Trinajstić information content (AvgIpc) is 3.79. The first-order valence-corrected chi connectivity index (χ1v) is 18.3. The molecule has 0 amide bonds. The number of hydrogen-bond donors (Lipinski definition) is 1. The second kappa shape index (κ2) is 12.1. The number of hydrogen-bond acceptors (Lipinski definition) is 8. The quantitative estimate of drug-likeness (QED) is 0.193. The molecular formula is C34H44BN6O2Si. The number of carbonyl (C=O) groups excluding carboxylic acids is 1. The molecule has 1 aliphatic heterocycles. The van der Waals surface area contributed by atoms with Gasteiger partial charge in [0.1, 0.15) is 12.3 Å². The molecule has 0 bridgehead atoms. The molecule has 229 valence electrons. The molecular weight excluding hydrogens is 563 g/mol. The number of nitrogens with one attached hydrogen (secondary N) is 1. The first-order valence-electron chi connectivity index (χ1n) is 15.4. The third-order valence-electron chi connectivity index (χ3n) is 9.59. The Morgan fingerprint density at radius 1 is 1.25 bits per heavy atom. The van der Waals surface area contributed by atoms with Gasteiger partial charge in [0, 0.05) is 54.3 Å². The highest BCUT2D eigenvalue weighted by Gasteiger charge is 2.44. The van der Waals surface area contributed by atoms with Crippen molar-refractivity contribution in [1.82, 2.24) is 14.9 Å². The van der Waals surface area contributed by atoms with E-state index in [1.807, 2.05) is 16.9 Å². The minimum atomic E-state index is -2.04. The van der Waals surface area contributed by atoms with Gasteiger partial charge < -0.3 is 19.3 Å². The predicted molar refractivity (Wildman–Crippen MR) is 181 cm³/mol. The van der Waals surface area contributed by atoms with Crippen LogP contribution in [0.2, 0.25) is 18.1 Å². The van der Waals surface area contributed by atoms with Crippen molar-refractivity contribution in [3.05, 3.63) is 64.8 Å². The van der Waals surface area contributed by atoms with Crippen LogP contribution in [0.3, 0.4) is 0 Å². The van der Waals surface area contributed by atoms with E-state index in [4.69, 9.17) is 9.41 Å². The number of anilines is 3. The smallest absolute Gasteiger partial charge is 0.329 e. The lowest BCUT2D eigenvalue weighted by molar-refractivity contribution is 0.219. The van der Waals surface area contributed by atoms with E-state index in [9.17, 15) is 10.1 Å². The van der Waals surface area contributed by atoms with Crippen LogP contribution in [-0.4, -0.2) is 63.0 Å². The Bertz CT molecular complexity index is 1600. The zero-order valence-electron chi connectivity index (χ0n) is 27.4. The van der Waals surface area contributed by atoms with Gasteiger partial charge in [0.05, 0.1) is 11.3 Å². The van der Waals surface area contributed by atoms with Crippen LogP contribution in [0.1, 0.15) is 62.8 Å². The van der Waals surface area contributed by atoms with Gasteiger partial charge in [-0.2, -0.15) is 5.26 Å². The molecule has 1 radical (unpaired) electrons. The van der Waals surface area contributed by atoms with Crippen molar-refractivity contribution < 1.29 is 9.22 Å². The summed E-state index contributed by atoms with van der Waals surface area (Å²) >= 11 is 0. The number of nitriles is 1. The molecule has 5 rings (SSSR count). The third kappa shape index (κ3) is 6.60. The number of benzene rings is 2. The molecule has 1 atom stereocenters. The molecule has 44 heavy (non-hydrogen) atoms. The molecule has 1 N–H and O–H groups in total. The summed E-state index contributed by atoms with van der Waals surface area (Å²) in [4.78, 5) is 25.3. The summed E-state index contributed by atoms with van der Waals surface area (Å²) in [5.74, 6) is 0.497. The molecule has 2 aliphatic rings. The maximum absolute atomic E-state index is 11.6. The number of aryl methyl sites for hydroxylation is 1. The summed E-state index contributed by atoms with van der Waals surface area (Å²) in [5, 5.41) is 13.8. The molecule has 1 saturated carbocycles. The topological polar surface area (TPSA) is 94.4 Å². The van der Waals surface area contributed by atoms with E-state index in [-0.39, 0.29) is 5.04 Å². The molecule has 0 unspecified atom stereocenters. The normalized spacial score (nSPS) is 18.2. The molecule has 1 aromatic heterocycles. The Labute approximate surface area is 264 Å². The molecule has 8 nitrogen and oxygen atoms in total. The summed E-state index contributed by atoms with van der Waals surface area (Å²) in [6, 6.07) is 15.4. The number of nitrogens with zero attached hydrogens (tertiary/aromatic N) is 5. The van der Waals surface area contributed by atoms with Crippen molar-refractivity contribution in [1.29, 1.82) is 5.26 Å². The lowest BCUT2D eigenvalue weighted by atomic mass is 9.83. The monoisotopic (exact) mass is 607 g/mol. The lowest BCUT2D eigenvalue weighted by Crippen LogP contribution is -2.46. The molecule has 1 fully saturated rings. The lowest BCUT2D eigenvalue weighted by Gasteiger charge is -2.39. The molecule has 0 saturated heterocycles. The Hall–Kier alpha value is -3.52. The van der Waals surface area contributed by atoms with E-state index in [2.05, 4.69) is 100 Å². The maximum atomic E-state index is 11.6. The van der Waals surface area contributed by atoms with Crippen LogP contribution < -0.4 is 10.1 Å². The van der Waals surface area contributed by atoms with Crippen molar-refractivity contribution in [2.24, 2.45) is 0 Å². The van der Waals surface area contributed by atoms with Gasteiger partial charge in [-0.15, -0.1) is 0 Å². The van der Waals surface area contributed by atoms with Crippen molar-refractivity contribution >= 4 is 39.2 Å². The van der Waals surface area contributed by atoms with E-state index in [0.29, 0.717) is 30.7 Å². The first kappa shape index (κ1) is 31.9. The van der Waals surface area contributed by atoms with Gasteiger partial charge in [-0.3, -0.25) is 4.90 Å². The number of fused-ring (bicyclic) bond motifs is 1. The van der Waals surface area contributed by atoms with Gasteiger partial charge in [-0.25, -0.2) is 9.97 Å². The maximum Gasteiger partial charge on any atom is 0.329 e. The molecule has 2 heterocycles. The fourth-order valence-corrected chi connectivity index (χ4v) is 6.70.